The summed E-state index contributed by atoms with van der Waals surface area (Å²) < 4.78 is 28.0. The smallest absolute Gasteiger partial charge is 0.240 e. The highest BCUT2D eigenvalue weighted by molar-refractivity contribution is 7.89. The SMILES string of the molecule is N#Cc1ccc(S(=O)(=O)NC2CCC(C(=O)N3CCN(C4CCCC4)CC3)CC2)cc1. The first kappa shape index (κ1) is 22.3. The molecule has 31 heavy (non-hydrogen) atoms. The molecule has 0 spiro atoms. The van der Waals surface area contributed by atoms with Crippen LogP contribution in [-0.4, -0.2) is 62.4 Å². The zero-order valence-corrected chi connectivity index (χ0v) is 18.8. The topological polar surface area (TPSA) is 93.5 Å². The van der Waals surface area contributed by atoms with E-state index in [4.69, 9.17) is 5.26 Å². The number of carbonyl (C=O) groups is 1. The fraction of sp³-hybridized carbons (Fsp3) is 0.652. The van der Waals surface area contributed by atoms with Crippen LogP contribution in [0, 0.1) is 17.2 Å². The molecule has 0 aromatic heterocycles. The third-order valence-corrected chi connectivity index (χ3v) is 8.70. The van der Waals surface area contributed by atoms with Crippen LogP contribution in [0.3, 0.4) is 0 Å². The number of carbonyl (C=O) groups excluding carboxylic acids is 1. The third-order valence-electron chi connectivity index (χ3n) is 7.16. The summed E-state index contributed by atoms with van der Waals surface area (Å²) in [5, 5.41) is 8.87. The maximum absolute atomic E-state index is 13.0. The zero-order valence-electron chi connectivity index (χ0n) is 18.0. The van der Waals surface area contributed by atoms with Crippen molar-refractivity contribution in [1.82, 2.24) is 14.5 Å². The Labute approximate surface area is 185 Å². The molecule has 1 N–H and O–H groups in total. The molecule has 7 nitrogen and oxygen atoms in total. The number of hydrogen-bond donors (Lipinski definition) is 1. The summed E-state index contributed by atoms with van der Waals surface area (Å²) in [7, 11) is -3.62. The predicted octanol–water partition coefficient (Wildman–Crippen LogP) is 2.48. The maximum atomic E-state index is 13.0. The summed E-state index contributed by atoms with van der Waals surface area (Å²) in [6.45, 7) is 3.60. The quantitative estimate of drug-likeness (QED) is 0.753. The number of nitrogens with one attached hydrogen (secondary N) is 1. The molecule has 8 heteroatoms. The molecule has 1 aliphatic heterocycles. The molecule has 1 saturated heterocycles. The van der Waals surface area contributed by atoms with E-state index in [1.165, 1.54) is 49.9 Å². The van der Waals surface area contributed by atoms with E-state index < -0.39 is 10.0 Å². The molecule has 0 bridgehead atoms. The Morgan fingerprint density at radius 1 is 0.935 bits per heavy atom. The van der Waals surface area contributed by atoms with Crippen LogP contribution < -0.4 is 4.72 Å². The molecule has 1 aromatic rings. The van der Waals surface area contributed by atoms with Crippen LogP contribution >= 0.6 is 0 Å². The molecule has 1 aromatic carbocycles. The number of sulfonamides is 1. The van der Waals surface area contributed by atoms with Gasteiger partial charge in [0.25, 0.3) is 0 Å². The Morgan fingerprint density at radius 2 is 1.55 bits per heavy atom. The highest BCUT2D eigenvalue weighted by Crippen LogP contribution is 2.29. The van der Waals surface area contributed by atoms with Crippen LogP contribution in [0.1, 0.15) is 56.9 Å². The molecule has 0 atom stereocenters. The van der Waals surface area contributed by atoms with Crippen molar-refractivity contribution in [1.29, 1.82) is 5.26 Å². The minimum absolute atomic E-state index is 0.00805. The molecule has 3 aliphatic rings. The van der Waals surface area contributed by atoms with Crippen molar-refractivity contribution in [2.24, 2.45) is 5.92 Å². The summed E-state index contributed by atoms with van der Waals surface area (Å²) in [6, 6.07) is 8.50. The van der Waals surface area contributed by atoms with E-state index >= 15 is 0 Å². The van der Waals surface area contributed by atoms with E-state index in [1.54, 1.807) is 0 Å². The van der Waals surface area contributed by atoms with Crippen LogP contribution in [0.4, 0.5) is 0 Å². The first-order valence-corrected chi connectivity index (χ1v) is 13.0. The fourth-order valence-corrected chi connectivity index (χ4v) is 6.59. The monoisotopic (exact) mass is 444 g/mol. The van der Waals surface area contributed by atoms with Gasteiger partial charge >= 0.3 is 0 Å². The van der Waals surface area contributed by atoms with Gasteiger partial charge in [0.1, 0.15) is 0 Å². The van der Waals surface area contributed by atoms with Crippen molar-refractivity contribution in [3.05, 3.63) is 29.8 Å². The van der Waals surface area contributed by atoms with Crippen LogP contribution in [0.25, 0.3) is 0 Å². The maximum Gasteiger partial charge on any atom is 0.240 e. The largest absolute Gasteiger partial charge is 0.340 e. The molecule has 168 valence electrons. The molecule has 0 unspecified atom stereocenters. The van der Waals surface area contributed by atoms with Crippen LogP contribution in [0.15, 0.2) is 29.2 Å². The average molecular weight is 445 g/mol. The van der Waals surface area contributed by atoms with E-state index in [0.29, 0.717) is 18.4 Å². The second-order valence-corrected chi connectivity index (χ2v) is 10.8. The van der Waals surface area contributed by atoms with Gasteiger partial charge in [-0.3, -0.25) is 9.69 Å². The molecular formula is C23H32N4O3S. The summed E-state index contributed by atoms with van der Waals surface area (Å²) in [6.07, 6.45) is 8.07. The van der Waals surface area contributed by atoms with E-state index in [1.807, 2.05) is 11.0 Å². The number of nitrogens with zero attached hydrogens (tertiary/aromatic N) is 3. The van der Waals surface area contributed by atoms with E-state index in [9.17, 15) is 13.2 Å². The Kier molecular flexibility index (Phi) is 6.95. The lowest BCUT2D eigenvalue weighted by Crippen LogP contribution is -2.53. The van der Waals surface area contributed by atoms with Crippen molar-refractivity contribution in [3.8, 4) is 6.07 Å². The Bertz CT molecular complexity index is 903. The number of nitriles is 1. The number of amides is 1. The lowest BCUT2D eigenvalue weighted by atomic mass is 9.85. The van der Waals surface area contributed by atoms with Crippen molar-refractivity contribution in [2.45, 2.75) is 68.3 Å². The molecule has 0 radical (unpaired) electrons. The summed E-state index contributed by atoms with van der Waals surface area (Å²) >= 11 is 0. The van der Waals surface area contributed by atoms with Gasteiger partial charge in [0.2, 0.25) is 15.9 Å². The molecular weight excluding hydrogens is 412 g/mol. The van der Waals surface area contributed by atoms with Gasteiger partial charge in [0.15, 0.2) is 0 Å². The first-order valence-electron chi connectivity index (χ1n) is 11.5. The van der Waals surface area contributed by atoms with Crippen molar-refractivity contribution >= 4 is 15.9 Å². The predicted molar refractivity (Wildman–Crippen MR) is 118 cm³/mol. The number of benzene rings is 1. The van der Waals surface area contributed by atoms with Crippen molar-refractivity contribution < 1.29 is 13.2 Å². The lowest BCUT2D eigenvalue weighted by Gasteiger charge is -2.40. The Morgan fingerprint density at radius 3 is 2.13 bits per heavy atom. The van der Waals surface area contributed by atoms with Gasteiger partial charge < -0.3 is 4.90 Å². The standard InChI is InChI=1S/C23H32N4O3S/c24-17-18-5-11-22(12-6-18)31(29,30)25-20-9-7-19(8-10-20)23(28)27-15-13-26(14-16-27)21-3-1-2-4-21/h5-6,11-12,19-21,25H,1-4,7-10,13-16H2. The minimum atomic E-state index is -3.62. The average Bonchev–Trinajstić information content (AvgIpc) is 3.34. The van der Waals surface area contributed by atoms with Crippen molar-refractivity contribution in [2.75, 3.05) is 26.2 Å². The third kappa shape index (κ3) is 5.28. The molecule has 3 fully saturated rings. The second kappa shape index (κ2) is 9.68. The lowest BCUT2D eigenvalue weighted by molar-refractivity contribution is -0.138. The zero-order chi connectivity index (χ0) is 21.8. The molecule has 1 heterocycles. The number of hydrogen-bond acceptors (Lipinski definition) is 5. The van der Waals surface area contributed by atoms with E-state index in [0.717, 1.165) is 45.1 Å². The normalized spacial score (nSPS) is 26.0. The van der Waals surface area contributed by atoms with Crippen LogP contribution in [0.5, 0.6) is 0 Å². The number of piperazine rings is 1. The van der Waals surface area contributed by atoms with Crippen LogP contribution in [-0.2, 0) is 14.8 Å². The van der Waals surface area contributed by atoms with Gasteiger partial charge in [-0.1, -0.05) is 12.8 Å². The Hall–Kier alpha value is -1.95. The second-order valence-electron chi connectivity index (χ2n) is 9.11. The minimum Gasteiger partial charge on any atom is -0.340 e. The highest BCUT2D eigenvalue weighted by atomic mass is 32.2. The Balaban J connectivity index is 1.24. The summed E-state index contributed by atoms with van der Waals surface area (Å²) in [4.78, 5) is 17.8. The molecule has 2 saturated carbocycles. The van der Waals surface area contributed by atoms with Gasteiger partial charge in [-0.25, -0.2) is 13.1 Å². The van der Waals surface area contributed by atoms with E-state index in [-0.39, 0.29) is 22.8 Å². The molecule has 4 rings (SSSR count). The van der Waals surface area contributed by atoms with Gasteiger partial charge in [-0.05, 0) is 62.8 Å². The van der Waals surface area contributed by atoms with Gasteiger partial charge in [0.05, 0.1) is 16.5 Å². The van der Waals surface area contributed by atoms with Gasteiger partial charge in [0, 0.05) is 44.2 Å². The van der Waals surface area contributed by atoms with Gasteiger partial charge in [-0.15, -0.1) is 0 Å². The number of rotatable bonds is 5. The summed E-state index contributed by atoms with van der Waals surface area (Å²) in [5.41, 5.74) is 0.432. The first-order chi connectivity index (χ1) is 15.0. The highest BCUT2D eigenvalue weighted by Gasteiger charge is 2.34. The van der Waals surface area contributed by atoms with E-state index in [2.05, 4.69) is 9.62 Å². The summed E-state index contributed by atoms with van der Waals surface area (Å²) in [5.74, 6) is 0.258. The van der Waals surface area contributed by atoms with Crippen molar-refractivity contribution in [3.63, 3.8) is 0 Å². The molecule has 2 aliphatic carbocycles. The molecule has 1 amide bonds. The van der Waals surface area contributed by atoms with Gasteiger partial charge in [-0.2, -0.15) is 5.26 Å². The fourth-order valence-electron chi connectivity index (χ4n) is 5.29. The van der Waals surface area contributed by atoms with Crippen LogP contribution in [0.2, 0.25) is 0 Å².